The van der Waals surface area contributed by atoms with E-state index in [2.05, 4.69) is 15.2 Å². The number of rotatable bonds is 3. The van der Waals surface area contributed by atoms with Crippen LogP contribution in [0.2, 0.25) is 0 Å². The van der Waals surface area contributed by atoms with Crippen molar-refractivity contribution >= 4 is 22.8 Å². The van der Waals surface area contributed by atoms with E-state index in [1.54, 1.807) is 6.07 Å². The summed E-state index contributed by atoms with van der Waals surface area (Å²) in [6.45, 7) is 3.56. The van der Waals surface area contributed by atoms with Gasteiger partial charge in [0, 0.05) is 44.2 Å². The zero-order valence-electron chi connectivity index (χ0n) is 16.3. The summed E-state index contributed by atoms with van der Waals surface area (Å²) in [6, 6.07) is 13.3. The fourth-order valence-electron chi connectivity index (χ4n) is 4.84. The van der Waals surface area contributed by atoms with Crippen molar-refractivity contribution < 1.29 is 4.79 Å². The largest absolute Gasteiger partial charge is 0.354 e. The van der Waals surface area contributed by atoms with Crippen molar-refractivity contribution in [1.82, 2.24) is 19.9 Å². The maximum absolute atomic E-state index is 12.7. The maximum atomic E-state index is 12.7. The van der Waals surface area contributed by atoms with Gasteiger partial charge < -0.3 is 14.8 Å². The van der Waals surface area contributed by atoms with E-state index in [0.717, 1.165) is 42.1 Å². The number of carbonyl (C=O) groups is 1. The summed E-state index contributed by atoms with van der Waals surface area (Å²) < 4.78 is 1.90. The predicted molar refractivity (Wildman–Crippen MR) is 111 cm³/mol. The second kappa shape index (κ2) is 6.99. The Morgan fingerprint density at radius 1 is 1.14 bits per heavy atom. The minimum atomic E-state index is -0.0780. The van der Waals surface area contributed by atoms with E-state index in [1.165, 1.54) is 6.92 Å². The van der Waals surface area contributed by atoms with Gasteiger partial charge >= 0.3 is 0 Å². The third-order valence-electron chi connectivity index (χ3n) is 6.12. The smallest absolute Gasteiger partial charge is 0.251 e. The third kappa shape index (κ3) is 3.16. The molecule has 0 unspecified atom stereocenters. The van der Waals surface area contributed by atoms with Crippen LogP contribution in [0.25, 0.3) is 11.0 Å². The Morgan fingerprint density at radius 2 is 1.97 bits per heavy atom. The number of hydrogen-bond acceptors (Lipinski definition) is 5. The van der Waals surface area contributed by atoms with Crippen molar-refractivity contribution in [3.8, 4) is 0 Å². The molecule has 0 radical (unpaired) electrons. The van der Waals surface area contributed by atoms with Crippen LogP contribution in [0.4, 0.5) is 5.82 Å². The van der Waals surface area contributed by atoms with Gasteiger partial charge in [-0.25, -0.2) is 4.98 Å². The molecular formula is C22H23N5O2. The molecule has 4 heterocycles. The Bertz CT molecular complexity index is 1140. The van der Waals surface area contributed by atoms with Gasteiger partial charge in [0.15, 0.2) is 0 Å². The van der Waals surface area contributed by atoms with Crippen LogP contribution in [0.3, 0.4) is 0 Å². The lowest BCUT2D eigenvalue weighted by atomic mass is 9.78. The van der Waals surface area contributed by atoms with Crippen LogP contribution in [0.15, 0.2) is 53.5 Å². The highest BCUT2D eigenvalue weighted by Gasteiger charge is 2.41. The summed E-state index contributed by atoms with van der Waals surface area (Å²) in [5.74, 6) is 1.29. The summed E-state index contributed by atoms with van der Waals surface area (Å²) in [5.41, 5.74) is 2.81. The zero-order chi connectivity index (χ0) is 20.0. The summed E-state index contributed by atoms with van der Waals surface area (Å²) in [6.07, 6.45) is 2.84. The first-order chi connectivity index (χ1) is 14.1. The molecule has 1 fully saturated rings. The van der Waals surface area contributed by atoms with Crippen LogP contribution < -0.4 is 15.8 Å². The van der Waals surface area contributed by atoms with E-state index in [1.807, 2.05) is 47.2 Å². The highest BCUT2D eigenvalue weighted by molar-refractivity contribution is 5.75. The minimum absolute atomic E-state index is 0.00602. The van der Waals surface area contributed by atoms with Crippen molar-refractivity contribution in [2.75, 3.05) is 24.5 Å². The number of amides is 1. The van der Waals surface area contributed by atoms with Gasteiger partial charge in [-0.2, -0.15) is 0 Å². The van der Waals surface area contributed by atoms with Gasteiger partial charge in [0.05, 0.1) is 23.3 Å². The molecule has 2 bridgehead atoms. The highest BCUT2D eigenvalue weighted by atomic mass is 16.1. The average Bonchev–Trinajstić information content (AvgIpc) is 2.73. The number of nitrogens with zero attached hydrogens (tertiary/aromatic N) is 4. The number of nitrogens with one attached hydrogen (secondary N) is 1. The first kappa shape index (κ1) is 17.8. The molecule has 0 aliphatic carbocycles. The van der Waals surface area contributed by atoms with Crippen LogP contribution in [0, 0.1) is 5.92 Å². The Balaban J connectivity index is 1.52. The molecule has 1 amide bonds. The zero-order valence-corrected chi connectivity index (χ0v) is 16.3. The third-order valence-corrected chi connectivity index (χ3v) is 6.12. The lowest BCUT2D eigenvalue weighted by molar-refractivity contribution is -0.119. The van der Waals surface area contributed by atoms with E-state index in [-0.39, 0.29) is 29.3 Å². The minimum Gasteiger partial charge on any atom is -0.354 e. The lowest BCUT2D eigenvalue weighted by Gasteiger charge is -2.47. The van der Waals surface area contributed by atoms with E-state index in [9.17, 15) is 9.59 Å². The average molecular weight is 389 g/mol. The van der Waals surface area contributed by atoms with Gasteiger partial charge in [-0.05, 0) is 30.5 Å². The molecular weight excluding hydrogens is 366 g/mol. The predicted octanol–water partition coefficient (Wildman–Crippen LogP) is 2.09. The fraction of sp³-hybridized carbons (Fsp3) is 0.364. The van der Waals surface area contributed by atoms with Gasteiger partial charge in [-0.3, -0.25) is 14.6 Å². The molecule has 2 aliphatic rings. The monoisotopic (exact) mass is 389 g/mol. The molecule has 2 aliphatic heterocycles. The topological polar surface area (TPSA) is 80.1 Å². The lowest BCUT2D eigenvalue weighted by Crippen LogP contribution is -2.52. The molecule has 148 valence electrons. The Kier molecular flexibility index (Phi) is 4.30. The normalized spacial score (nSPS) is 22.9. The molecule has 1 N–H and O–H groups in total. The second-order valence-corrected chi connectivity index (χ2v) is 7.98. The van der Waals surface area contributed by atoms with Gasteiger partial charge in [-0.1, -0.05) is 18.2 Å². The van der Waals surface area contributed by atoms with E-state index in [4.69, 9.17) is 4.98 Å². The van der Waals surface area contributed by atoms with E-state index < -0.39 is 0 Å². The molecule has 7 nitrogen and oxygen atoms in total. The van der Waals surface area contributed by atoms with Crippen molar-refractivity contribution in [3.05, 3.63) is 64.7 Å². The Morgan fingerprint density at radius 3 is 2.79 bits per heavy atom. The summed E-state index contributed by atoms with van der Waals surface area (Å²) in [7, 11) is 0. The molecule has 7 heteroatoms. The number of aromatic nitrogens is 3. The van der Waals surface area contributed by atoms with E-state index >= 15 is 0 Å². The van der Waals surface area contributed by atoms with Crippen molar-refractivity contribution in [2.45, 2.75) is 25.3 Å². The Hall–Kier alpha value is -3.22. The number of pyridine rings is 1. The Labute approximate surface area is 168 Å². The van der Waals surface area contributed by atoms with Crippen LogP contribution >= 0.6 is 0 Å². The van der Waals surface area contributed by atoms with Gasteiger partial charge in [0.2, 0.25) is 5.91 Å². The van der Waals surface area contributed by atoms with Gasteiger partial charge in [0.25, 0.3) is 5.56 Å². The first-order valence-electron chi connectivity index (χ1n) is 10.0. The maximum Gasteiger partial charge on any atom is 0.251 e. The molecule has 1 aromatic carbocycles. The number of fused-ring (bicyclic) bond motifs is 5. The first-order valence-corrected chi connectivity index (χ1v) is 10.0. The van der Waals surface area contributed by atoms with Crippen LogP contribution in [0.1, 0.15) is 31.0 Å². The van der Waals surface area contributed by atoms with Crippen LogP contribution in [-0.4, -0.2) is 40.1 Å². The molecule has 5 rings (SSSR count). The van der Waals surface area contributed by atoms with Crippen molar-refractivity contribution in [2.24, 2.45) is 5.92 Å². The molecule has 1 saturated heterocycles. The molecule has 29 heavy (non-hydrogen) atoms. The summed E-state index contributed by atoms with van der Waals surface area (Å²) in [5, 5.41) is 2.92. The number of benzene rings is 1. The molecule has 0 spiro atoms. The van der Waals surface area contributed by atoms with Gasteiger partial charge in [0.1, 0.15) is 5.82 Å². The quantitative estimate of drug-likeness (QED) is 0.742. The number of carbonyl (C=O) groups excluding carboxylic acids is 1. The molecule has 2 aromatic heterocycles. The number of anilines is 1. The number of hydrogen-bond donors (Lipinski definition) is 1. The van der Waals surface area contributed by atoms with Gasteiger partial charge in [-0.15, -0.1) is 0 Å². The summed E-state index contributed by atoms with van der Waals surface area (Å²) in [4.78, 5) is 35.9. The molecule has 3 atom stereocenters. The highest BCUT2D eigenvalue weighted by Crippen LogP contribution is 2.41. The SMILES string of the molecule is CC(=O)NC[C@H]1[C@H]2C[C@H](CN(c3cnc4ccccc4n3)C2)c2cccc(=O)n21. The van der Waals surface area contributed by atoms with Crippen molar-refractivity contribution in [1.29, 1.82) is 0 Å². The number of piperidine rings is 1. The van der Waals surface area contributed by atoms with Crippen molar-refractivity contribution in [3.63, 3.8) is 0 Å². The number of para-hydroxylation sites is 2. The second-order valence-electron chi connectivity index (χ2n) is 7.98. The fourth-order valence-corrected chi connectivity index (χ4v) is 4.84. The standard InChI is InChI=1S/C22H23N5O2/c1-14(28)23-10-20-16-9-15(19-7-4-8-22(29)27(19)20)12-26(13-16)21-11-24-17-5-2-3-6-18(17)25-21/h2-8,11,15-16,20H,9-10,12-13H2,1H3,(H,23,28)/t15-,16+,20+/m1/s1. The van der Waals surface area contributed by atoms with E-state index in [0.29, 0.717) is 6.54 Å². The summed E-state index contributed by atoms with van der Waals surface area (Å²) >= 11 is 0. The van der Waals surface area contributed by atoms with Crippen LogP contribution in [-0.2, 0) is 4.79 Å². The molecule has 0 saturated carbocycles. The molecule has 3 aromatic rings. The van der Waals surface area contributed by atoms with Crippen LogP contribution in [0.5, 0.6) is 0 Å².